The van der Waals surface area contributed by atoms with Crippen LogP contribution in [0.5, 0.6) is 0 Å². The minimum absolute atomic E-state index is 0.142. The van der Waals surface area contributed by atoms with E-state index < -0.39 is 5.91 Å². The molecule has 0 aromatic heterocycles. The van der Waals surface area contributed by atoms with E-state index in [0.29, 0.717) is 21.9 Å². The van der Waals surface area contributed by atoms with Gasteiger partial charge in [0.2, 0.25) is 11.8 Å². The molecule has 6 rings (SSSR count). The van der Waals surface area contributed by atoms with Crippen LogP contribution in [0.4, 0.5) is 0 Å². The first-order valence-electron chi connectivity index (χ1n) is 7.94. The van der Waals surface area contributed by atoms with Crippen LogP contribution in [-0.4, -0.2) is 22.6 Å². The second kappa shape index (κ2) is 4.41. The molecule has 0 spiro atoms. The number of carbonyl (C=O) groups is 3. The number of imide groups is 3. The van der Waals surface area contributed by atoms with Crippen LogP contribution in [-0.2, 0) is 9.59 Å². The molecule has 23 heavy (non-hydrogen) atoms. The van der Waals surface area contributed by atoms with Crippen LogP contribution < -0.4 is 0 Å². The zero-order valence-corrected chi connectivity index (χ0v) is 13.8. The molecule has 0 radical (unpaired) electrons. The maximum Gasteiger partial charge on any atom is 0.268 e. The molecule has 1 saturated heterocycles. The number of halogens is 1. The van der Waals surface area contributed by atoms with Gasteiger partial charge in [-0.2, -0.15) is 0 Å². The third kappa shape index (κ3) is 1.63. The van der Waals surface area contributed by atoms with Crippen molar-refractivity contribution in [3.8, 4) is 0 Å². The van der Waals surface area contributed by atoms with Crippen LogP contribution in [0.3, 0.4) is 0 Å². The maximum absolute atomic E-state index is 12.9. The zero-order valence-electron chi connectivity index (χ0n) is 12.2. The van der Waals surface area contributed by atoms with E-state index in [-0.39, 0.29) is 35.5 Å². The number of nitrogens with zero attached hydrogens (tertiary/aromatic N) is 1. The van der Waals surface area contributed by atoms with Crippen LogP contribution in [0, 0.1) is 35.5 Å². The Morgan fingerprint density at radius 2 is 1.57 bits per heavy atom. The average molecular weight is 372 g/mol. The van der Waals surface area contributed by atoms with Gasteiger partial charge in [-0.25, -0.2) is 4.90 Å². The Balaban J connectivity index is 1.55. The van der Waals surface area contributed by atoms with E-state index in [9.17, 15) is 14.4 Å². The zero-order chi connectivity index (χ0) is 15.9. The molecule has 0 unspecified atom stereocenters. The van der Waals surface area contributed by atoms with Crippen LogP contribution in [0.2, 0.25) is 0 Å². The van der Waals surface area contributed by atoms with Crippen molar-refractivity contribution >= 4 is 33.7 Å². The fourth-order valence-electron chi connectivity index (χ4n) is 4.91. The highest BCUT2D eigenvalue weighted by atomic mass is 79.9. The Kier molecular flexibility index (Phi) is 2.62. The van der Waals surface area contributed by atoms with Crippen molar-refractivity contribution < 1.29 is 14.4 Å². The Labute approximate surface area is 141 Å². The third-order valence-electron chi connectivity index (χ3n) is 5.97. The fraction of sp³-hybridized carbons (Fsp3) is 0.389. The number of hydrogen-bond donors (Lipinski definition) is 0. The summed E-state index contributed by atoms with van der Waals surface area (Å²) < 4.78 is 0.601. The van der Waals surface area contributed by atoms with Crippen LogP contribution in [0.1, 0.15) is 16.8 Å². The van der Waals surface area contributed by atoms with E-state index in [2.05, 4.69) is 28.1 Å². The van der Waals surface area contributed by atoms with Crippen LogP contribution in [0.15, 0.2) is 40.9 Å². The fourth-order valence-corrected chi connectivity index (χ4v) is 5.37. The summed E-state index contributed by atoms with van der Waals surface area (Å²) >= 11 is 3.33. The van der Waals surface area contributed by atoms with Crippen molar-refractivity contribution in [2.45, 2.75) is 6.42 Å². The van der Waals surface area contributed by atoms with Gasteiger partial charge >= 0.3 is 0 Å². The summed E-state index contributed by atoms with van der Waals surface area (Å²) in [6.07, 6.45) is 5.34. The minimum Gasteiger partial charge on any atom is -0.274 e. The maximum atomic E-state index is 12.9. The first kappa shape index (κ1) is 13.7. The lowest BCUT2D eigenvalue weighted by Gasteiger charge is -2.37. The largest absolute Gasteiger partial charge is 0.274 e. The number of hydrogen-bond acceptors (Lipinski definition) is 3. The van der Waals surface area contributed by atoms with Crippen molar-refractivity contribution in [3.63, 3.8) is 0 Å². The molecule has 2 bridgehead atoms. The molecular formula is C18H14BrNO3. The number of benzene rings is 1. The van der Waals surface area contributed by atoms with E-state index in [0.717, 1.165) is 11.3 Å². The molecule has 4 aliphatic carbocycles. The first-order chi connectivity index (χ1) is 11.1. The van der Waals surface area contributed by atoms with Gasteiger partial charge < -0.3 is 0 Å². The number of carbonyl (C=O) groups excluding carboxylic acids is 3. The predicted molar refractivity (Wildman–Crippen MR) is 85.0 cm³/mol. The highest BCUT2D eigenvalue weighted by Gasteiger charge is 2.67. The number of amides is 3. The predicted octanol–water partition coefficient (Wildman–Crippen LogP) is 2.64. The first-order valence-corrected chi connectivity index (χ1v) is 8.74. The normalized spacial score (nSPS) is 39.4. The van der Waals surface area contributed by atoms with Gasteiger partial charge in [0, 0.05) is 4.47 Å². The number of rotatable bonds is 1. The second-order valence-electron chi connectivity index (χ2n) is 6.95. The molecular weight excluding hydrogens is 358 g/mol. The SMILES string of the molecule is O=C(c1ccccc1Br)N1C(=O)[C@@H]2[C@H]3C=C[C@@H]([C@@H]4C[C@H]34)[C@H]2C1=O. The molecule has 1 heterocycles. The van der Waals surface area contributed by atoms with Gasteiger partial charge in [0.15, 0.2) is 0 Å². The molecule has 5 heteroatoms. The van der Waals surface area contributed by atoms with Gasteiger partial charge in [-0.1, -0.05) is 24.3 Å². The van der Waals surface area contributed by atoms with Crippen LogP contribution in [0.25, 0.3) is 0 Å². The topological polar surface area (TPSA) is 54.5 Å². The van der Waals surface area contributed by atoms with E-state index >= 15 is 0 Å². The van der Waals surface area contributed by atoms with Crippen molar-refractivity contribution in [1.82, 2.24) is 4.90 Å². The summed E-state index contributed by atoms with van der Waals surface area (Å²) in [5, 5.41) is 0. The lowest BCUT2D eigenvalue weighted by atomic mass is 9.63. The monoisotopic (exact) mass is 371 g/mol. The van der Waals surface area contributed by atoms with Gasteiger partial charge in [-0.05, 0) is 58.2 Å². The molecule has 3 fully saturated rings. The molecule has 1 aliphatic heterocycles. The molecule has 1 aromatic carbocycles. The lowest BCUT2D eigenvalue weighted by molar-refractivity contribution is -0.136. The lowest BCUT2D eigenvalue weighted by Crippen LogP contribution is -2.40. The van der Waals surface area contributed by atoms with Gasteiger partial charge in [-0.15, -0.1) is 0 Å². The molecule has 3 amide bonds. The summed E-state index contributed by atoms with van der Waals surface area (Å²) in [5.74, 6) is -0.388. The van der Waals surface area contributed by atoms with Crippen molar-refractivity contribution in [3.05, 3.63) is 46.5 Å². The summed E-state index contributed by atoms with van der Waals surface area (Å²) in [6, 6.07) is 6.91. The molecule has 6 atom stereocenters. The van der Waals surface area contributed by atoms with Gasteiger partial charge in [0.05, 0.1) is 17.4 Å². The van der Waals surface area contributed by atoms with E-state index in [1.807, 2.05) is 0 Å². The molecule has 5 aliphatic rings. The Morgan fingerprint density at radius 3 is 2.13 bits per heavy atom. The Bertz CT molecular complexity index is 765. The quantitative estimate of drug-likeness (QED) is 0.563. The molecule has 1 aromatic rings. The smallest absolute Gasteiger partial charge is 0.268 e. The molecule has 4 nitrogen and oxygen atoms in total. The summed E-state index contributed by atoms with van der Waals surface area (Å²) in [4.78, 5) is 39.4. The standard InChI is InChI=1S/C18H14BrNO3/c19-13-4-2-1-3-10(13)16(21)20-17(22)14-8-5-6-9(12-7-11(8)12)15(14)18(20)23/h1-6,8-9,11-12,14-15H,7H2/t8-,9-,11-,12+,14+,15+/m0/s1. The number of allylic oxidation sites excluding steroid dienone is 2. The van der Waals surface area contributed by atoms with Gasteiger partial charge in [-0.3, -0.25) is 14.4 Å². The van der Waals surface area contributed by atoms with E-state index in [1.54, 1.807) is 24.3 Å². The van der Waals surface area contributed by atoms with Gasteiger partial charge in [0.25, 0.3) is 5.91 Å². The highest BCUT2D eigenvalue weighted by Crippen LogP contribution is 2.65. The molecule has 0 N–H and O–H groups in total. The number of likely N-dealkylation sites (tertiary alicyclic amines) is 1. The highest BCUT2D eigenvalue weighted by molar-refractivity contribution is 9.10. The van der Waals surface area contributed by atoms with Crippen molar-refractivity contribution in [2.75, 3.05) is 0 Å². The van der Waals surface area contributed by atoms with Crippen LogP contribution >= 0.6 is 15.9 Å². The van der Waals surface area contributed by atoms with E-state index in [4.69, 9.17) is 0 Å². The summed E-state index contributed by atoms with van der Waals surface area (Å²) in [6.45, 7) is 0. The van der Waals surface area contributed by atoms with Crippen molar-refractivity contribution in [1.29, 1.82) is 0 Å². The molecule has 2 saturated carbocycles. The Morgan fingerprint density at radius 1 is 1.00 bits per heavy atom. The van der Waals surface area contributed by atoms with Gasteiger partial charge in [0.1, 0.15) is 0 Å². The van der Waals surface area contributed by atoms with E-state index in [1.165, 1.54) is 0 Å². The summed E-state index contributed by atoms with van der Waals surface area (Å²) in [5.41, 5.74) is 0.360. The molecule has 116 valence electrons. The van der Waals surface area contributed by atoms with Crippen molar-refractivity contribution in [2.24, 2.45) is 35.5 Å². The second-order valence-corrected chi connectivity index (χ2v) is 7.81. The average Bonchev–Trinajstić information content (AvgIpc) is 3.32. The minimum atomic E-state index is -0.505. The summed E-state index contributed by atoms with van der Waals surface area (Å²) in [7, 11) is 0. The Hall–Kier alpha value is -1.75. The third-order valence-corrected chi connectivity index (χ3v) is 6.66.